The summed E-state index contributed by atoms with van der Waals surface area (Å²) in [5.74, 6) is -0.351. The van der Waals surface area contributed by atoms with E-state index in [0.717, 1.165) is 12.8 Å². The molecule has 1 aromatic rings. The van der Waals surface area contributed by atoms with Crippen molar-refractivity contribution in [1.82, 2.24) is 4.90 Å². The molecule has 5 nitrogen and oxygen atoms in total. The van der Waals surface area contributed by atoms with Gasteiger partial charge in [-0.25, -0.2) is 4.39 Å². The summed E-state index contributed by atoms with van der Waals surface area (Å²) in [6.07, 6.45) is 2.56. The second-order valence-electron chi connectivity index (χ2n) is 5.34. The van der Waals surface area contributed by atoms with E-state index >= 15 is 0 Å². The van der Waals surface area contributed by atoms with E-state index in [2.05, 4.69) is 0 Å². The van der Waals surface area contributed by atoms with Crippen molar-refractivity contribution >= 4 is 17.5 Å². The van der Waals surface area contributed by atoms with Crippen molar-refractivity contribution in [3.63, 3.8) is 0 Å². The quantitative estimate of drug-likeness (QED) is 0.831. The van der Waals surface area contributed by atoms with Gasteiger partial charge in [0.1, 0.15) is 24.2 Å². The number of halogens is 1. The lowest BCUT2D eigenvalue weighted by molar-refractivity contribution is -0.144. The van der Waals surface area contributed by atoms with Gasteiger partial charge in [0.15, 0.2) is 0 Å². The predicted molar refractivity (Wildman–Crippen MR) is 74.7 cm³/mol. The van der Waals surface area contributed by atoms with Crippen LogP contribution in [0.15, 0.2) is 18.2 Å². The van der Waals surface area contributed by atoms with E-state index < -0.39 is 11.9 Å². The molecule has 2 heterocycles. The molecular formula is C15H17FN2O3. The highest BCUT2D eigenvalue weighted by atomic mass is 19.1. The van der Waals surface area contributed by atoms with Crippen molar-refractivity contribution in [3.05, 3.63) is 24.0 Å². The molecule has 0 bridgehead atoms. The number of methoxy groups -OCH3 is 1. The first kappa shape index (κ1) is 13.9. The second-order valence-corrected chi connectivity index (χ2v) is 5.34. The predicted octanol–water partition coefficient (Wildman–Crippen LogP) is 1.56. The number of ether oxygens (including phenoxy) is 1. The summed E-state index contributed by atoms with van der Waals surface area (Å²) in [7, 11) is 1.42. The summed E-state index contributed by atoms with van der Waals surface area (Å²) >= 11 is 0. The first-order valence-electron chi connectivity index (χ1n) is 7.06. The Morgan fingerprint density at radius 2 is 2.10 bits per heavy atom. The number of amides is 2. The van der Waals surface area contributed by atoms with Crippen molar-refractivity contribution in [2.45, 2.75) is 25.3 Å². The fourth-order valence-electron chi connectivity index (χ4n) is 3.05. The fraction of sp³-hybridized carbons (Fsp3) is 0.467. The van der Waals surface area contributed by atoms with Crippen LogP contribution in [0.4, 0.5) is 10.1 Å². The van der Waals surface area contributed by atoms with E-state index in [-0.39, 0.29) is 24.1 Å². The third-order valence-corrected chi connectivity index (χ3v) is 4.10. The molecule has 0 saturated carbocycles. The summed E-state index contributed by atoms with van der Waals surface area (Å²) in [5.41, 5.74) is 0.447. The highest BCUT2D eigenvalue weighted by Gasteiger charge is 2.41. The number of carbonyl (C=O) groups excluding carboxylic acids is 2. The number of rotatable bonds is 2. The first-order chi connectivity index (χ1) is 10.1. The molecule has 1 aromatic carbocycles. The maximum absolute atomic E-state index is 13.3. The van der Waals surface area contributed by atoms with Crippen LogP contribution >= 0.6 is 0 Å². The standard InChI is InChI=1S/C15H17FN2O3/c1-21-13-8-10(16)5-6-11(13)18-9-14(19)17-7-3-2-4-12(17)15(18)20/h5-6,8,12H,2-4,7,9H2,1H3. The number of piperazine rings is 1. The number of carbonyl (C=O) groups is 2. The van der Waals surface area contributed by atoms with Crippen LogP contribution in [0.1, 0.15) is 19.3 Å². The number of anilines is 1. The Bertz CT molecular complexity index is 590. The minimum Gasteiger partial charge on any atom is -0.494 e. The number of nitrogens with zero attached hydrogens (tertiary/aromatic N) is 2. The lowest BCUT2D eigenvalue weighted by Gasteiger charge is -2.42. The molecule has 1 unspecified atom stereocenters. The summed E-state index contributed by atoms with van der Waals surface area (Å²) in [6.45, 7) is 0.626. The van der Waals surface area contributed by atoms with Gasteiger partial charge in [-0.05, 0) is 31.4 Å². The molecule has 0 aromatic heterocycles. The van der Waals surface area contributed by atoms with Gasteiger partial charge in [0, 0.05) is 12.6 Å². The van der Waals surface area contributed by atoms with E-state index in [1.165, 1.54) is 30.2 Å². The maximum Gasteiger partial charge on any atom is 0.250 e. The molecule has 21 heavy (non-hydrogen) atoms. The molecule has 6 heteroatoms. The van der Waals surface area contributed by atoms with Crippen LogP contribution in [-0.4, -0.2) is 43.0 Å². The van der Waals surface area contributed by atoms with Gasteiger partial charge in [-0.2, -0.15) is 0 Å². The van der Waals surface area contributed by atoms with Crippen LogP contribution in [-0.2, 0) is 9.59 Å². The molecule has 2 amide bonds. The normalized spacial score (nSPS) is 22.3. The maximum atomic E-state index is 13.3. The number of benzene rings is 1. The zero-order valence-electron chi connectivity index (χ0n) is 11.8. The topological polar surface area (TPSA) is 49.9 Å². The summed E-state index contributed by atoms with van der Waals surface area (Å²) in [5, 5.41) is 0. The molecule has 0 radical (unpaired) electrons. The van der Waals surface area contributed by atoms with Gasteiger partial charge in [-0.1, -0.05) is 0 Å². The van der Waals surface area contributed by atoms with Crippen LogP contribution in [0.5, 0.6) is 5.75 Å². The largest absolute Gasteiger partial charge is 0.494 e. The zero-order chi connectivity index (χ0) is 15.0. The highest BCUT2D eigenvalue weighted by molar-refractivity contribution is 6.07. The van der Waals surface area contributed by atoms with Gasteiger partial charge < -0.3 is 9.64 Å². The van der Waals surface area contributed by atoms with Crippen molar-refractivity contribution in [2.24, 2.45) is 0 Å². The summed E-state index contributed by atoms with van der Waals surface area (Å²) in [6, 6.07) is 3.58. The first-order valence-corrected chi connectivity index (χ1v) is 7.06. The Morgan fingerprint density at radius 1 is 1.29 bits per heavy atom. The molecule has 1 atom stereocenters. The molecule has 3 rings (SSSR count). The summed E-state index contributed by atoms with van der Waals surface area (Å²) < 4.78 is 18.4. The average Bonchev–Trinajstić information content (AvgIpc) is 2.51. The van der Waals surface area contributed by atoms with Crippen LogP contribution in [0.25, 0.3) is 0 Å². The molecule has 0 spiro atoms. The van der Waals surface area contributed by atoms with Gasteiger partial charge in [0.25, 0.3) is 0 Å². The van der Waals surface area contributed by atoms with Gasteiger partial charge in [0.05, 0.1) is 12.8 Å². The second kappa shape index (κ2) is 5.35. The third kappa shape index (κ3) is 2.34. The molecular weight excluding hydrogens is 275 g/mol. The van der Waals surface area contributed by atoms with Crippen molar-refractivity contribution in [1.29, 1.82) is 0 Å². The lowest BCUT2D eigenvalue weighted by Crippen LogP contribution is -2.61. The van der Waals surface area contributed by atoms with Crippen LogP contribution in [0, 0.1) is 5.82 Å². The molecule has 0 aliphatic carbocycles. The van der Waals surface area contributed by atoms with E-state index in [9.17, 15) is 14.0 Å². The van der Waals surface area contributed by atoms with Gasteiger partial charge in [-0.15, -0.1) is 0 Å². The van der Waals surface area contributed by atoms with Crippen molar-refractivity contribution < 1.29 is 18.7 Å². The van der Waals surface area contributed by atoms with Crippen LogP contribution in [0.2, 0.25) is 0 Å². The third-order valence-electron chi connectivity index (χ3n) is 4.10. The van der Waals surface area contributed by atoms with Gasteiger partial charge in [-0.3, -0.25) is 14.5 Å². The van der Waals surface area contributed by atoms with Crippen molar-refractivity contribution in [2.75, 3.05) is 25.1 Å². The van der Waals surface area contributed by atoms with E-state index in [4.69, 9.17) is 4.74 Å². The zero-order valence-corrected chi connectivity index (χ0v) is 11.8. The van der Waals surface area contributed by atoms with E-state index in [1.54, 1.807) is 4.90 Å². The van der Waals surface area contributed by atoms with E-state index in [1.807, 2.05) is 0 Å². The Morgan fingerprint density at radius 3 is 2.86 bits per heavy atom. The SMILES string of the molecule is COc1cc(F)ccc1N1CC(=O)N2CCCCC2C1=O. The average molecular weight is 292 g/mol. The molecule has 0 N–H and O–H groups in total. The van der Waals surface area contributed by atoms with Crippen LogP contribution in [0.3, 0.4) is 0 Å². The van der Waals surface area contributed by atoms with E-state index in [0.29, 0.717) is 18.7 Å². The minimum atomic E-state index is -0.439. The minimum absolute atomic E-state index is 0.0165. The fourth-order valence-corrected chi connectivity index (χ4v) is 3.05. The van der Waals surface area contributed by atoms with Gasteiger partial charge >= 0.3 is 0 Å². The Balaban J connectivity index is 1.95. The highest BCUT2D eigenvalue weighted by Crippen LogP contribution is 2.33. The van der Waals surface area contributed by atoms with Gasteiger partial charge in [0.2, 0.25) is 11.8 Å². The Labute approximate surface area is 122 Å². The smallest absolute Gasteiger partial charge is 0.250 e. The molecule has 2 aliphatic rings. The Hall–Kier alpha value is -2.11. The molecule has 2 saturated heterocycles. The number of fused-ring (bicyclic) bond motifs is 1. The Kier molecular flexibility index (Phi) is 3.53. The molecule has 2 fully saturated rings. The monoisotopic (exact) mass is 292 g/mol. The van der Waals surface area contributed by atoms with Crippen molar-refractivity contribution in [3.8, 4) is 5.75 Å². The number of hydrogen-bond acceptors (Lipinski definition) is 3. The summed E-state index contributed by atoms with van der Waals surface area (Å²) in [4.78, 5) is 28.0. The number of piperidine rings is 1. The molecule has 112 valence electrons. The molecule has 2 aliphatic heterocycles. The van der Waals surface area contributed by atoms with Crippen LogP contribution < -0.4 is 9.64 Å². The lowest BCUT2D eigenvalue weighted by atomic mass is 9.98. The number of hydrogen-bond donors (Lipinski definition) is 0.